The standard InChI is InChI=1S/C25H25N5O5/c1-14-11-30(12-15(14)10-21(31)32)23(33)22-26-24(29-28-22)27-25(34)35-13-20-18-8-4-2-6-16(18)17-7-3-5-9-19(17)20/h2-9,14-15,20H,10-13H2,1H3,(H,31,32)(H2,26,27,28,29,34). The molecule has 3 aromatic rings. The number of nitrogens with zero attached hydrogens (tertiary/aromatic N) is 3. The van der Waals surface area contributed by atoms with E-state index in [-0.39, 0.29) is 42.6 Å². The van der Waals surface area contributed by atoms with Gasteiger partial charge in [-0.15, -0.1) is 5.10 Å². The predicted molar refractivity (Wildman–Crippen MR) is 126 cm³/mol. The molecule has 2 aliphatic rings. The van der Waals surface area contributed by atoms with Crippen LogP contribution < -0.4 is 5.32 Å². The summed E-state index contributed by atoms with van der Waals surface area (Å²) < 4.78 is 5.48. The Balaban J connectivity index is 1.19. The van der Waals surface area contributed by atoms with Crippen molar-refractivity contribution in [3.8, 4) is 11.1 Å². The largest absolute Gasteiger partial charge is 0.481 e. The first kappa shape index (κ1) is 22.6. The van der Waals surface area contributed by atoms with Gasteiger partial charge in [-0.2, -0.15) is 4.98 Å². The molecule has 1 aromatic heterocycles. The van der Waals surface area contributed by atoms with E-state index in [1.807, 2.05) is 43.3 Å². The van der Waals surface area contributed by atoms with Crippen molar-refractivity contribution in [2.75, 3.05) is 25.0 Å². The summed E-state index contributed by atoms with van der Waals surface area (Å²) in [4.78, 5) is 41.8. The van der Waals surface area contributed by atoms with Gasteiger partial charge in [0.25, 0.3) is 11.9 Å². The third-order valence-electron chi connectivity index (χ3n) is 6.74. The Kier molecular flexibility index (Phi) is 5.94. The number of carboxylic acids is 1. The lowest BCUT2D eigenvalue weighted by Gasteiger charge is -2.14. The van der Waals surface area contributed by atoms with Crippen LogP contribution in [0.25, 0.3) is 11.1 Å². The van der Waals surface area contributed by atoms with E-state index in [4.69, 9.17) is 9.84 Å². The van der Waals surface area contributed by atoms with Gasteiger partial charge < -0.3 is 14.7 Å². The molecule has 2 atom stereocenters. The minimum absolute atomic E-state index is 0.00986. The number of rotatable bonds is 6. The molecule has 0 bridgehead atoms. The fourth-order valence-corrected chi connectivity index (χ4v) is 4.98. The zero-order valence-corrected chi connectivity index (χ0v) is 19.1. The van der Waals surface area contributed by atoms with E-state index >= 15 is 0 Å². The van der Waals surface area contributed by atoms with E-state index in [0.29, 0.717) is 13.1 Å². The van der Waals surface area contributed by atoms with Gasteiger partial charge >= 0.3 is 12.1 Å². The molecule has 10 nitrogen and oxygen atoms in total. The number of H-pyrrole nitrogens is 1. The van der Waals surface area contributed by atoms with E-state index in [0.717, 1.165) is 22.3 Å². The average molecular weight is 476 g/mol. The van der Waals surface area contributed by atoms with Gasteiger partial charge in [-0.1, -0.05) is 55.5 Å². The number of anilines is 1. The molecule has 0 saturated carbocycles. The third kappa shape index (κ3) is 4.46. The first-order valence-corrected chi connectivity index (χ1v) is 11.5. The number of likely N-dealkylation sites (tertiary alicyclic amines) is 1. The average Bonchev–Trinajstić information content (AvgIpc) is 3.53. The molecule has 5 rings (SSSR count). The second-order valence-corrected chi connectivity index (χ2v) is 9.00. The molecule has 2 amide bonds. The van der Waals surface area contributed by atoms with Gasteiger partial charge in [0, 0.05) is 19.0 Å². The van der Waals surface area contributed by atoms with Crippen molar-refractivity contribution in [1.82, 2.24) is 20.1 Å². The van der Waals surface area contributed by atoms with Crippen LogP contribution in [0.4, 0.5) is 10.7 Å². The van der Waals surface area contributed by atoms with Gasteiger partial charge in [-0.05, 0) is 34.1 Å². The van der Waals surface area contributed by atoms with Crippen LogP contribution in [0.2, 0.25) is 0 Å². The van der Waals surface area contributed by atoms with Gasteiger partial charge in [0.1, 0.15) is 6.61 Å². The minimum Gasteiger partial charge on any atom is -0.481 e. The Bertz CT molecular complexity index is 1240. The van der Waals surface area contributed by atoms with E-state index in [1.54, 1.807) is 4.90 Å². The normalized spacial score (nSPS) is 18.7. The van der Waals surface area contributed by atoms with E-state index < -0.39 is 18.0 Å². The molecule has 2 aromatic carbocycles. The van der Waals surface area contributed by atoms with Crippen LogP contribution in [0.15, 0.2) is 48.5 Å². The quantitative estimate of drug-likeness (QED) is 0.497. The number of benzene rings is 2. The molecule has 35 heavy (non-hydrogen) atoms. The van der Waals surface area contributed by atoms with E-state index in [9.17, 15) is 14.4 Å². The lowest BCUT2D eigenvalue weighted by atomic mass is 9.95. The molecular formula is C25H25N5O5. The van der Waals surface area contributed by atoms with Crippen molar-refractivity contribution < 1.29 is 24.2 Å². The van der Waals surface area contributed by atoms with Crippen LogP contribution in [0.5, 0.6) is 0 Å². The zero-order chi connectivity index (χ0) is 24.5. The molecule has 1 aliphatic carbocycles. The van der Waals surface area contributed by atoms with E-state index in [2.05, 4.69) is 32.6 Å². The number of hydrogen-bond donors (Lipinski definition) is 3. The third-order valence-corrected chi connectivity index (χ3v) is 6.74. The smallest absolute Gasteiger partial charge is 0.414 e. The van der Waals surface area contributed by atoms with Gasteiger partial charge in [0.05, 0.1) is 6.42 Å². The fourth-order valence-electron chi connectivity index (χ4n) is 4.98. The first-order chi connectivity index (χ1) is 16.9. The lowest BCUT2D eigenvalue weighted by Crippen LogP contribution is -2.30. The van der Waals surface area contributed by atoms with Crippen LogP contribution >= 0.6 is 0 Å². The summed E-state index contributed by atoms with van der Waals surface area (Å²) in [5.74, 6) is -1.49. The molecule has 3 N–H and O–H groups in total. The van der Waals surface area contributed by atoms with Crippen molar-refractivity contribution in [3.05, 3.63) is 65.5 Å². The number of fused-ring (bicyclic) bond motifs is 3. The first-order valence-electron chi connectivity index (χ1n) is 11.5. The lowest BCUT2D eigenvalue weighted by molar-refractivity contribution is -0.138. The monoisotopic (exact) mass is 475 g/mol. The Morgan fingerprint density at radius 1 is 1.09 bits per heavy atom. The number of carboxylic acid groups (broad SMARTS) is 1. The van der Waals surface area contributed by atoms with Gasteiger partial charge in [-0.25, -0.2) is 4.79 Å². The van der Waals surface area contributed by atoms with Gasteiger partial charge in [0.2, 0.25) is 5.82 Å². The van der Waals surface area contributed by atoms with Crippen molar-refractivity contribution in [3.63, 3.8) is 0 Å². The number of nitrogens with one attached hydrogen (secondary N) is 2. The molecule has 0 spiro atoms. The Morgan fingerprint density at radius 2 is 1.74 bits per heavy atom. The number of aromatic amines is 1. The molecule has 1 aliphatic heterocycles. The molecule has 180 valence electrons. The minimum atomic E-state index is -0.884. The summed E-state index contributed by atoms with van der Waals surface area (Å²) in [6.45, 7) is 2.84. The topological polar surface area (TPSA) is 138 Å². The maximum Gasteiger partial charge on any atom is 0.414 e. The number of hydrogen-bond acceptors (Lipinski definition) is 6. The molecule has 1 saturated heterocycles. The summed E-state index contributed by atoms with van der Waals surface area (Å²) >= 11 is 0. The van der Waals surface area contributed by atoms with Crippen LogP contribution in [0.1, 0.15) is 41.0 Å². The SMILES string of the molecule is CC1CN(C(=O)c2nc(NC(=O)OCC3c4ccccc4-c4ccccc43)n[nH]2)CC1CC(=O)O. The predicted octanol–water partition coefficient (Wildman–Crippen LogP) is 3.35. The summed E-state index contributed by atoms with van der Waals surface area (Å²) in [5, 5.41) is 17.9. The highest BCUT2D eigenvalue weighted by Crippen LogP contribution is 2.44. The number of ether oxygens (including phenoxy) is 1. The zero-order valence-electron chi connectivity index (χ0n) is 19.1. The van der Waals surface area contributed by atoms with Crippen molar-refractivity contribution >= 4 is 23.9 Å². The molecule has 1 fully saturated rings. The second-order valence-electron chi connectivity index (χ2n) is 9.00. The van der Waals surface area contributed by atoms with Crippen LogP contribution in [-0.2, 0) is 9.53 Å². The molecular weight excluding hydrogens is 450 g/mol. The number of carbonyl (C=O) groups is 3. The summed E-state index contributed by atoms with van der Waals surface area (Å²) in [6.07, 6.45) is -0.711. The summed E-state index contributed by atoms with van der Waals surface area (Å²) in [6, 6.07) is 16.1. The van der Waals surface area contributed by atoms with Crippen LogP contribution in [-0.4, -0.2) is 62.9 Å². The summed E-state index contributed by atoms with van der Waals surface area (Å²) in [5.41, 5.74) is 4.48. The number of amides is 2. The highest BCUT2D eigenvalue weighted by molar-refractivity contribution is 5.91. The molecule has 2 heterocycles. The molecule has 0 radical (unpaired) electrons. The maximum absolute atomic E-state index is 12.8. The Hall–Kier alpha value is -4.21. The Labute approximate surface area is 201 Å². The van der Waals surface area contributed by atoms with Crippen LogP contribution in [0, 0.1) is 11.8 Å². The molecule has 10 heteroatoms. The highest BCUT2D eigenvalue weighted by Gasteiger charge is 2.35. The van der Waals surface area contributed by atoms with Crippen molar-refractivity contribution in [2.45, 2.75) is 19.3 Å². The Morgan fingerprint density at radius 3 is 2.40 bits per heavy atom. The number of aliphatic carboxylic acids is 1. The van der Waals surface area contributed by atoms with Gasteiger partial charge in [-0.3, -0.25) is 20.0 Å². The van der Waals surface area contributed by atoms with Crippen LogP contribution in [0.3, 0.4) is 0 Å². The maximum atomic E-state index is 12.8. The highest BCUT2D eigenvalue weighted by atomic mass is 16.5. The van der Waals surface area contributed by atoms with E-state index in [1.165, 1.54) is 0 Å². The number of aromatic nitrogens is 3. The number of carbonyl (C=O) groups excluding carboxylic acids is 2. The second kappa shape index (κ2) is 9.21. The van der Waals surface area contributed by atoms with Crippen molar-refractivity contribution in [1.29, 1.82) is 0 Å². The van der Waals surface area contributed by atoms with Gasteiger partial charge in [0.15, 0.2) is 0 Å². The fraction of sp³-hybridized carbons (Fsp3) is 0.320. The van der Waals surface area contributed by atoms with Crippen molar-refractivity contribution in [2.24, 2.45) is 11.8 Å². The summed E-state index contributed by atoms with van der Waals surface area (Å²) in [7, 11) is 0. The molecule has 2 unspecified atom stereocenters.